The second-order valence-corrected chi connectivity index (χ2v) is 7.83. The Morgan fingerprint density at radius 2 is 2.18 bits per heavy atom. The number of aryl methyl sites for hydroxylation is 1. The molecule has 0 radical (unpaired) electrons. The standard InChI is InChI=1S/C15H24N2O4S/c1-4-10-22(19,20)17-9-5-6-14(17)15(18)16(3)11-13-8-7-12(2)21-13/h7-8,14H,4-6,9-11H2,1-3H3. The highest BCUT2D eigenvalue weighted by Crippen LogP contribution is 2.24. The summed E-state index contributed by atoms with van der Waals surface area (Å²) in [4.78, 5) is 14.1. The predicted molar refractivity (Wildman–Crippen MR) is 83.7 cm³/mol. The van der Waals surface area contributed by atoms with E-state index in [-0.39, 0.29) is 11.7 Å². The molecule has 1 unspecified atom stereocenters. The largest absolute Gasteiger partial charge is 0.464 e. The molecule has 1 amide bonds. The lowest BCUT2D eigenvalue weighted by Gasteiger charge is -2.27. The van der Waals surface area contributed by atoms with Crippen LogP contribution in [0.1, 0.15) is 37.7 Å². The van der Waals surface area contributed by atoms with Crippen LogP contribution in [0.4, 0.5) is 0 Å². The van der Waals surface area contributed by atoms with Gasteiger partial charge >= 0.3 is 0 Å². The molecule has 1 aliphatic rings. The third kappa shape index (κ3) is 3.70. The summed E-state index contributed by atoms with van der Waals surface area (Å²) in [5, 5.41) is 0. The summed E-state index contributed by atoms with van der Waals surface area (Å²) >= 11 is 0. The minimum atomic E-state index is -3.34. The molecular weight excluding hydrogens is 304 g/mol. The molecule has 1 aromatic heterocycles. The Morgan fingerprint density at radius 1 is 1.45 bits per heavy atom. The summed E-state index contributed by atoms with van der Waals surface area (Å²) in [6.07, 6.45) is 1.87. The lowest BCUT2D eigenvalue weighted by molar-refractivity contribution is -0.134. The van der Waals surface area contributed by atoms with Crippen LogP contribution in [-0.4, -0.2) is 48.9 Å². The van der Waals surface area contributed by atoms with E-state index in [2.05, 4.69) is 0 Å². The van der Waals surface area contributed by atoms with Gasteiger partial charge in [0.2, 0.25) is 15.9 Å². The van der Waals surface area contributed by atoms with Crippen molar-refractivity contribution in [3.63, 3.8) is 0 Å². The van der Waals surface area contributed by atoms with Crippen molar-refractivity contribution < 1.29 is 17.6 Å². The predicted octanol–water partition coefficient (Wildman–Crippen LogP) is 1.75. The van der Waals surface area contributed by atoms with Gasteiger partial charge in [-0.15, -0.1) is 0 Å². The van der Waals surface area contributed by atoms with Gasteiger partial charge < -0.3 is 9.32 Å². The fraction of sp³-hybridized carbons (Fsp3) is 0.667. The second-order valence-electron chi connectivity index (χ2n) is 5.79. The fourth-order valence-corrected chi connectivity index (χ4v) is 4.57. The van der Waals surface area contributed by atoms with Gasteiger partial charge in [0.25, 0.3) is 0 Å². The van der Waals surface area contributed by atoms with Gasteiger partial charge in [-0.25, -0.2) is 8.42 Å². The number of hydrogen-bond donors (Lipinski definition) is 0. The highest BCUT2D eigenvalue weighted by atomic mass is 32.2. The van der Waals surface area contributed by atoms with Gasteiger partial charge in [-0.2, -0.15) is 4.31 Å². The van der Waals surface area contributed by atoms with Crippen molar-refractivity contribution in [2.24, 2.45) is 0 Å². The fourth-order valence-electron chi connectivity index (χ4n) is 2.83. The molecule has 1 saturated heterocycles. The molecule has 0 saturated carbocycles. The Bertz CT molecular complexity index is 623. The molecule has 6 nitrogen and oxygen atoms in total. The minimum absolute atomic E-state index is 0.0951. The average Bonchev–Trinajstić information content (AvgIpc) is 3.07. The quantitative estimate of drug-likeness (QED) is 0.797. The van der Waals surface area contributed by atoms with E-state index in [1.165, 1.54) is 4.31 Å². The van der Waals surface area contributed by atoms with Crippen molar-refractivity contribution in [2.75, 3.05) is 19.3 Å². The molecule has 1 aliphatic heterocycles. The first kappa shape index (κ1) is 17.0. The minimum Gasteiger partial charge on any atom is -0.464 e. The molecule has 1 atom stereocenters. The van der Waals surface area contributed by atoms with Crippen LogP contribution in [0.3, 0.4) is 0 Å². The lowest BCUT2D eigenvalue weighted by atomic mass is 10.2. The van der Waals surface area contributed by atoms with E-state index >= 15 is 0 Å². The number of rotatable bonds is 6. The first-order chi connectivity index (χ1) is 10.3. The van der Waals surface area contributed by atoms with Gasteiger partial charge in [0.15, 0.2) is 0 Å². The molecule has 7 heteroatoms. The summed E-state index contributed by atoms with van der Waals surface area (Å²) < 4.78 is 31.4. The molecule has 1 aromatic rings. The Balaban J connectivity index is 2.07. The highest BCUT2D eigenvalue weighted by Gasteiger charge is 2.39. The zero-order valence-electron chi connectivity index (χ0n) is 13.4. The number of furan rings is 1. The highest BCUT2D eigenvalue weighted by molar-refractivity contribution is 7.89. The van der Waals surface area contributed by atoms with Crippen LogP contribution in [0.25, 0.3) is 0 Å². The van der Waals surface area contributed by atoms with Crippen LogP contribution in [0.5, 0.6) is 0 Å². The molecule has 0 aliphatic carbocycles. The Kier molecular flexibility index (Phi) is 5.28. The van der Waals surface area contributed by atoms with E-state index in [9.17, 15) is 13.2 Å². The molecule has 1 fully saturated rings. The average molecular weight is 328 g/mol. The number of nitrogens with zero attached hydrogens (tertiary/aromatic N) is 2. The first-order valence-electron chi connectivity index (χ1n) is 7.65. The molecule has 124 valence electrons. The van der Waals surface area contributed by atoms with Gasteiger partial charge in [-0.3, -0.25) is 4.79 Å². The molecule has 0 N–H and O–H groups in total. The normalized spacial score (nSPS) is 19.5. The van der Waals surface area contributed by atoms with Crippen molar-refractivity contribution >= 4 is 15.9 Å². The molecule has 22 heavy (non-hydrogen) atoms. The van der Waals surface area contributed by atoms with E-state index in [1.54, 1.807) is 11.9 Å². The maximum atomic E-state index is 12.6. The molecule has 0 spiro atoms. The van der Waals surface area contributed by atoms with Crippen molar-refractivity contribution in [3.05, 3.63) is 23.7 Å². The van der Waals surface area contributed by atoms with Crippen molar-refractivity contribution in [1.82, 2.24) is 9.21 Å². The van der Waals surface area contributed by atoms with Gasteiger partial charge in [0, 0.05) is 13.6 Å². The lowest BCUT2D eigenvalue weighted by Crippen LogP contribution is -2.46. The number of carbonyl (C=O) groups is 1. The van der Waals surface area contributed by atoms with Crippen molar-refractivity contribution in [1.29, 1.82) is 0 Å². The number of hydrogen-bond acceptors (Lipinski definition) is 4. The Hall–Kier alpha value is -1.34. The van der Waals surface area contributed by atoms with E-state index in [1.807, 2.05) is 26.0 Å². The smallest absolute Gasteiger partial charge is 0.241 e. The van der Waals surface area contributed by atoms with Crippen LogP contribution in [0, 0.1) is 6.92 Å². The maximum Gasteiger partial charge on any atom is 0.241 e. The maximum absolute atomic E-state index is 12.6. The number of sulfonamides is 1. The summed E-state index contributed by atoms with van der Waals surface area (Å²) in [6.45, 7) is 4.47. The van der Waals surface area contributed by atoms with Gasteiger partial charge in [-0.1, -0.05) is 6.92 Å². The van der Waals surface area contributed by atoms with Crippen LogP contribution < -0.4 is 0 Å². The molecular formula is C15H24N2O4S. The summed E-state index contributed by atoms with van der Waals surface area (Å²) in [5.41, 5.74) is 0. The molecule has 0 bridgehead atoms. The van der Waals surface area contributed by atoms with Gasteiger partial charge in [-0.05, 0) is 38.3 Å². The second kappa shape index (κ2) is 6.83. The van der Waals surface area contributed by atoms with E-state index in [0.717, 1.165) is 12.2 Å². The summed E-state index contributed by atoms with van der Waals surface area (Å²) in [7, 11) is -1.66. The van der Waals surface area contributed by atoms with Gasteiger partial charge in [0.05, 0.1) is 12.3 Å². The van der Waals surface area contributed by atoms with Crippen LogP contribution in [0.15, 0.2) is 16.5 Å². The molecule has 2 heterocycles. The monoisotopic (exact) mass is 328 g/mol. The van der Waals surface area contributed by atoms with E-state index in [0.29, 0.717) is 31.7 Å². The zero-order chi connectivity index (χ0) is 16.3. The van der Waals surface area contributed by atoms with Crippen LogP contribution in [0.2, 0.25) is 0 Å². The van der Waals surface area contributed by atoms with E-state index in [4.69, 9.17) is 4.42 Å². The Morgan fingerprint density at radius 3 is 2.77 bits per heavy atom. The SMILES string of the molecule is CCCS(=O)(=O)N1CCCC1C(=O)N(C)Cc1ccc(C)o1. The zero-order valence-corrected chi connectivity index (χ0v) is 14.2. The van der Waals surface area contributed by atoms with Crippen LogP contribution in [-0.2, 0) is 21.4 Å². The van der Waals surface area contributed by atoms with Crippen molar-refractivity contribution in [3.8, 4) is 0 Å². The third-order valence-corrected chi connectivity index (χ3v) is 5.95. The molecule has 0 aromatic carbocycles. The number of amides is 1. The topological polar surface area (TPSA) is 70.8 Å². The van der Waals surface area contributed by atoms with Gasteiger partial charge in [0.1, 0.15) is 17.6 Å². The number of likely N-dealkylation sites (N-methyl/N-ethyl adjacent to an activating group) is 1. The summed E-state index contributed by atoms with van der Waals surface area (Å²) in [6, 6.07) is 3.11. The Labute approximate surface area is 132 Å². The first-order valence-corrected chi connectivity index (χ1v) is 9.26. The van der Waals surface area contributed by atoms with Crippen molar-refractivity contribution in [2.45, 2.75) is 45.7 Å². The number of carbonyl (C=O) groups excluding carboxylic acids is 1. The third-order valence-electron chi connectivity index (χ3n) is 3.87. The van der Waals surface area contributed by atoms with Crippen LogP contribution >= 0.6 is 0 Å². The summed E-state index contributed by atoms with van der Waals surface area (Å²) in [5.74, 6) is 1.43. The van der Waals surface area contributed by atoms with E-state index < -0.39 is 16.1 Å². The molecule has 2 rings (SSSR count).